The van der Waals surface area contributed by atoms with Gasteiger partial charge in [-0.25, -0.2) is 0 Å². The zero-order chi connectivity index (χ0) is 13.3. The second kappa shape index (κ2) is 5.54. The molecule has 0 aliphatic heterocycles. The van der Waals surface area contributed by atoms with E-state index in [4.69, 9.17) is 4.74 Å². The first kappa shape index (κ1) is 14.4. The summed E-state index contributed by atoms with van der Waals surface area (Å²) in [6, 6.07) is 4.20. The molecule has 1 aliphatic carbocycles. The summed E-state index contributed by atoms with van der Waals surface area (Å²) in [4.78, 5) is 0.403. The molecule has 0 amide bonds. The van der Waals surface area contributed by atoms with Gasteiger partial charge in [-0.1, -0.05) is 45.7 Å². The van der Waals surface area contributed by atoms with Gasteiger partial charge in [-0.05, 0) is 54.9 Å². The molecule has 0 bridgehead atoms. The van der Waals surface area contributed by atoms with Gasteiger partial charge in [-0.2, -0.15) is 0 Å². The van der Waals surface area contributed by atoms with Gasteiger partial charge in [0.1, 0.15) is 5.75 Å². The number of benzene rings is 1. The van der Waals surface area contributed by atoms with Crippen LogP contribution in [-0.4, -0.2) is 6.61 Å². The van der Waals surface area contributed by atoms with Gasteiger partial charge in [0, 0.05) is 9.30 Å². The lowest BCUT2D eigenvalue weighted by Crippen LogP contribution is -2.11. The topological polar surface area (TPSA) is 9.23 Å². The van der Waals surface area contributed by atoms with Crippen LogP contribution in [0.15, 0.2) is 16.6 Å². The van der Waals surface area contributed by atoms with Gasteiger partial charge in [-0.15, -0.1) is 0 Å². The van der Waals surface area contributed by atoms with Crippen molar-refractivity contribution in [2.24, 2.45) is 5.41 Å². The molecule has 3 heteroatoms. The lowest BCUT2D eigenvalue weighted by molar-refractivity contribution is 0.312. The van der Waals surface area contributed by atoms with Gasteiger partial charge in [0.2, 0.25) is 0 Å². The molecule has 1 aliphatic rings. The van der Waals surface area contributed by atoms with Crippen molar-refractivity contribution >= 4 is 31.9 Å². The van der Waals surface area contributed by atoms with Crippen LogP contribution >= 0.6 is 31.9 Å². The highest BCUT2D eigenvalue weighted by Gasteiger charge is 2.31. The highest BCUT2D eigenvalue weighted by molar-refractivity contribution is 9.11. The summed E-state index contributed by atoms with van der Waals surface area (Å²) in [5, 5.41) is 0. The Bertz CT molecular complexity index is 440. The second-order valence-corrected chi connectivity index (χ2v) is 7.67. The fourth-order valence-electron chi connectivity index (χ4n) is 2.66. The van der Waals surface area contributed by atoms with Crippen LogP contribution in [0.25, 0.3) is 0 Å². The molecule has 2 rings (SSSR count). The molecular weight excluding hydrogens is 356 g/mol. The van der Waals surface area contributed by atoms with Gasteiger partial charge < -0.3 is 4.74 Å². The maximum atomic E-state index is 5.79. The molecular formula is C15H20Br2O. The quantitative estimate of drug-likeness (QED) is 0.479. The van der Waals surface area contributed by atoms with Crippen LogP contribution in [-0.2, 0) is 6.42 Å². The third kappa shape index (κ3) is 2.93. The molecule has 0 spiro atoms. The molecule has 1 atom stereocenters. The van der Waals surface area contributed by atoms with Gasteiger partial charge >= 0.3 is 0 Å². The van der Waals surface area contributed by atoms with Crippen LogP contribution in [0.4, 0.5) is 0 Å². The third-order valence-corrected chi connectivity index (χ3v) is 5.13. The fraction of sp³-hybridized carbons (Fsp3) is 0.600. The van der Waals surface area contributed by atoms with E-state index in [1.807, 2.05) is 6.92 Å². The van der Waals surface area contributed by atoms with E-state index in [1.54, 1.807) is 0 Å². The predicted molar refractivity (Wildman–Crippen MR) is 83.7 cm³/mol. The minimum atomic E-state index is 0.371. The lowest BCUT2D eigenvalue weighted by Gasteiger charge is -2.24. The van der Waals surface area contributed by atoms with Crippen molar-refractivity contribution in [3.05, 3.63) is 27.7 Å². The zero-order valence-electron chi connectivity index (χ0n) is 11.2. The molecule has 1 unspecified atom stereocenters. The molecule has 1 aromatic rings. The second-order valence-electron chi connectivity index (χ2n) is 5.71. The average Bonchev–Trinajstić information content (AvgIpc) is 2.39. The summed E-state index contributed by atoms with van der Waals surface area (Å²) < 4.78 is 6.98. The smallest absolute Gasteiger partial charge is 0.122 e. The van der Waals surface area contributed by atoms with Crippen molar-refractivity contribution in [3.63, 3.8) is 0 Å². The van der Waals surface area contributed by atoms with Crippen molar-refractivity contribution in [1.82, 2.24) is 0 Å². The molecule has 0 saturated heterocycles. The molecule has 0 fully saturated rings. The van der Waals surface area contributed by atoms with Gasteiger partial charge in [0.05, 0.1) is 6.61 Å². The van der Waals surface area contributed by atoms with Gasteiger partial charge in [0.15, 0.2) is 0 Å². The van der Waals surface area contributed by atoms with E-state index >= 15 is 0 Å². The van der Waals surface area contributed by atoms with Crippen molar-refractivity contribution in [2.45, 2.75) is 44.9 Å². The molecule has 0 N–H and O–H groups in total. The van der Waals surface area contributed by atoms with E-state index in [1.165, 1.54) is 22.0 Å². The van der Waals surface area contributed by atoms with Crippen LogP contribution in [0.1, 0.15) is 49.6 Å². The van der Waals surface area contributed by atoms with Crippen LogP contribution < -0.4 is 4.74 Å². The molecule has 0 heterocycles. The van der Waals surface area contributed by atoms with Crippen molar-refractivity contribution in [1.29, 1.82) is 0 Å². The Kier molecular flexibility index (Phi) is 4.43. The molecule has 18 heavy (non-hydrogen) atoms. The van der Waals surface area contributed by atoms with E-state index in [0.29, 0.717) is 10.2 Å². The summed E-state index contributed by atoms with van der Waals surface area (Å²) in [6.45, 7) is 7.47. The van der Waals surface area contributed by atoms with E-state index in [0.717, 1.165) is 25.2 Å². The predicted octanol–water partition coefficient (Wildman–Crippen LogP) is 5.65. The number of hydrogen-bond acceptors (Lipinski definition) is 1. The van der Waals surface area contributed by atoms with Crippen molar-refractivity contribution in [3.8, 4) is 5.75 Å². The van der Waals surface area contributed by atoms with Gasteiger partial charge in [-0.3, -0.25) is 0 Å². The van der Waals surface area contributed by atoms with Gasteiger partial charge in [0.25, 0.3) is 0 Å². The highest BCUT2D eigenvalue weighted by atomic mass is 79.9. The minimum Gasteiger partial charge on any atom is -0.494 e. The normalized spacial score (nSPS) is 22.2. The zero-order valence-corrected chi connectivity index (χ0v) is 14.4. The molecule has 0 aromatic heterocycles. The fourth-order valence-corrected chi connectivity index (χ4v) is 5.01. The van der Waals surface area contributed by atoms with Crippen LogP contribution in [0.3, 0.4) is 0 Å². The Hall–Kier alpha value is -0.0200. The van der Waals surface area contributed by atoms with Crippen molar-refractivity contribution < 1.29 is 4.74 Å². The molecule has 0 radical (unpaired) electrons. The summed E-state index contributed by atoms with van der Waals surface area (Å²) in [6.07, 6.45) is 3.46. The molecule has 0 saturated carbocycles. The Balaban J connectivity index is 2.49. The summed E-state index contributed by atoms with van der Waals surface area (Å²) in [7, 11) is 0. The highest BCUT2D eigenvalue weighted by Crippen LogP contribution is 2.48. The summed E-state index contributed by atoms with van der Waals surface area (Å²) in [5.74, 6) is 1.05. The van der Waals surface area contributed by atoms with E-state index in [2.05, 4.69) is 57.8 Å². The third-order valence-electron chi connectivity index (χ3n) is 3.66. The number of ether oxygens (including phenoxy) is 1. The van der Waals surface area contributed by atoms with E-state index in [-0.39, 0.29) is 0 Å². The van der Waals surface area contributed by atoms with Crippen LogP contribution in [0.2, 0.25) is 0 Å². The molecule has 1 nitrogen and oxygen atoms in total. The van der Waals surface area contributed by atoms with Crippen LogP contribution in [0, 0.1) is 5.41 Å². The maximum Gasteiger partial charge on any atom is 0.122 e. The standard InChI is InChI=1S/C15H20Br2O/c1-4-18-13-6-5-11(16)14-10(13)7-8-15(2,3)9-12(14)17/h5-6,12H,4,7-9H2,1-3H3. The largest absolute Gasteiger partial charge is 0.494 e. The lowest BCUT2D eigenvalue weighted by atomic mass is 9.84. The number of fused-ring (bicyclic) bond motifs is 1. The van der Waals surface area contributed by atoms with Crippen LogP contribution in [0.5, 0.6) is 5.75 Å². The molecule has 1 aromatic carbocycles. The van der Waals surface area contributed by atoms with Crippen molar-refractivity contribution in [2.75, 3.05) is 6.61 Å². The SMILES string of the molecule is CCOc1ccc(Br)c2c1CCC(C)(C)CC2Br. The Morgan fingerprint density at radius 1 is 1.39 bits per heavy atom. The van der Waals surface area contributed by atoms with E-state index in [9.17, 15) is 0 Å². The summed E-state index contributed by atoms with van der Waals surface area (Å²) >= 11 is 7.56. The molecule has 100 valence electrons. The number of halogens is 2. The number of rotatable bonds is 2. The first-order chi connectivity index (χ1) is 8.44. The maximum absolute atomic E-state index is 5.79. The Morgan fingerprint density at radius 2 is 2.11 bits per heavy atom. The van der Waals surface area contributed by atoms with E-state index < -0.39 is 0 Å². The Labute approximate surface area is 127 Å². The Morgan fingerprint density at radius 3 is 2.78 bits per heavy atom. The summed E-state index contributed by atoms with van der Waals surface area (Å²) in [5.41, 5.74) is 3.13. The average molecular weight is 376 g/mol. The first-order valence-corrected chi connectivity index (χ1v) is 8.23. The number of hydrogen-bond donors (Lipinski definition) is 0. The monoisotopic (exact) mass is 374 g/mol. The first-order valence-electron chi connectivity index (χ1n) is 6.53. The number of alkyl halides is 1. The minimum absolute atomic E-state index is 0.371.